The van der Waals surface area contributed by atoms with Crippen LogP contribution in [0.3, 0.4) is 0 Å². The fraction of sp³-hybridized carbons (Fsp3) is 0.231. The Balaban J connectivity index is 1.96. The van der Waals surface area contributed by atoms with Gasteiger partial charge in [0, 0.05) is 18.1 Å². The van der Waals surface area contributed by atoms with Crippen molar-refractivity contribution in [3.05, 3.63) is 107 Å². The first kappa shape index (κ1) is 22.6. The molecule has 0 aliphatic rings. The van der Waals surface area contributed by atoms with Crippen LogP contribution in [0, 0.1) is 0 Å². The molecule has 0 spiro atoms. The molecule has 0 unspecified atom stereocenters. The zero-order valence-corrected chi connectivity index (χ0v) is 18.4. The van der Waals surface area contributed by atoms with Gasteiger partial charge in [0.2, 0.25) is 11.8 Å². The molecular weight excluding hydrogens is 408 g/mol. The van der Waals surface area contributed by atoms with Gasteiger partial charge in [-0.1, -0.05) is 91.3 Å². The van der Waals surface area contributed by atoms with E-state index in [-0.39, 0.29) is 18.2 Å². The molecule has 0 aliphatic carbocycles. The van der Waals surface area contributed by atoms with E-state index in [0.29, 0.717) is 18.1 Å². The third-order valence-electron chi connectivity index (χ3n) is 5.01. The maximum absolute atomic E-state index is 13.5. The predicted octanol–water partition coefficient (Wildman–Crippen LogP) is 5.18. The normalized spacial score (nSPS) is 11.5. The van der Waals surface area contributed by atoms with Crippen molar-refractivity contribution in [1.29, 1.82) is 0 Å². The lowest BCUT2D eigenvalue weighted by molar-refractivity contribution is -0.141. The number of halogens is 1. The van der Waals surface area contributed by atoms with E-state index in [4.69, 9.17) is 11.6 Å². The van der Waals surface area contributed by atoms with Crippen LogP contribution >= 0.6 is 11.6 Å². The highest BCUT2D eigenvalue weighted by atomic mass is 35.5. The number of nitrogens with zero attached hydrogens (tertiary/aromatic N) is 1. The third kappa shape index (κ3) is 6.43. The number of carbonyl (C=O) groups is 2. The van der Waals surface area contributed by atoms with Gasteiger partial charge in [-0.25, -0.2) is 0 Å². The monoisotopic (exact) mass is 434 g/mol. The van der Waals surface area contributed by atoms with Crippen LogP contribution in [0.1, 0.15) is 36.1 Å². The molecule has 4 nitrogen and oxygen atoms in total. The summed E-state index contributed by atoms with van der Waals surface area (Å²) in [6.45, 7) is 2.91. The first-order valence-corrected chi connectivity index (χ1v) is 10.9. The molecule has 31 heavy (non-hydrogen) atoms. The van der Waals surface area contributed by atoms with E-state index < -0.39 is 6.04 Å². The van der Waals surface area contributed by atoms with Crippen LogP contribution in [-0.2, 0) is 22.6 Å². The number of hydrogen-bond acceptors (Lipinski definition) is 2. The summed E-state index contributed by atoms with van der Waals surface area (Å²) in [4.78, 5) is 28.4. The molecule has 3 aromatic rings. The molecule has 3 aromatic carbocycles. The van der Waals surface area contributed by atoms with Gasteiger partial charge < -0.3 is 10.2 Å². The highest BCUT2D eigenvalue weighted by Gasteiger charge is 2.31. The standard InChI is InChI=1S/C26H27ClN2O2/c1-2-17-28-26(31)25(22-11-7-4-8-12-22)29(19-21-9-5-3-6-10-21)24(30)18-20-13-15-23(27)16-14-20/h3-16,25H,2,17-19H2,1H3,(H,28,31)/t25-/m0/s1. The Morgan fingerprint density at radius 1 is 0.871 bits per heavy atom. The molecular formula is C26H27ClN2O2. The number of amides is 2. The lowest BCUT2D eigenvalue weighted by Gasteiger charge is -2.32. The Morgan fingerprint density at radius 3 is 2.10 bits per heavy atom. The molecule has 1 atom stereocenters. The summed E-state index contributed by atoms with van der Waals surface area (Å²) in [5.74, 6) is -0.292. The van der Waals surface area contributed by atoms with E-state index >= 15 is 0 Å². The molecule has 0 fully saturated rings. The van der Waals surface area contributed by atoms with Crippen molar-refractivity contribution in [1.82, 2.24) is 10.2 Å². The summed E-state index contributed by atoms with van der Waals surface area (Å²) in [6, 6.07) is 25.7. The molecule has 2 amide bonds. The van der Waals surface area contributed by atoms with Crippen LogP contribution in [-0.4, -0.2) is 23.3 Å². The molecule has 0 aromatic heterocycles. The Labute approximate surface area is 188 Å². The van der Waals surface area contributed by atoms with Gasteiger partial charge in [0.15, 0.2) is 0 Å². The molecule has 160 valence electrons. The van der Waals surface area contributed by atoms with Gasteiger partial charge in [0.1, 0.15) is 6.04 Å². The summed E-state index contributed by atoms with van der Waals surface area (Å²) < 4.78 is 0. The van der Waals surface area contributed by atoms with Crippen LogP contribution in [0.25, 0.3) is 0 Å². The van der Waals surface area contributed by atoms with E-state index in [9.17, 15) is 9.59 Å². The molecule has 1 N–H and O–H groups in total. The fourth-order valence-corrected chi connectivity index (χ4v) is 3.56. The number of hydrogen-bond donors (Lipinski definition) is 1. The zero-order chi connectivity index (χ0) is 22.1. The predicted molar refractivity (Wildman–Crippen MR) is 125 cm³/mol. The van der Waals surface area contributed by atoms with E-state index in [1.165, 1.54) is 0 Å². The molecule has 0 aliphatic heterocycles. The Bertz CT molecular complexity index is 975. The lowest BCUT2D eigenvalue weighted by atomic mass is 10.0. The van der Waals surface area contributed by atoms with Crippen molar-refractivity contribution in [3.63, 3.8) is 0 Å². The van der Waals surface area contributed by atoms with E-state index in [0.717, 1.165) is 23.1 Å². The second-order valence-corrected chi connectivity index (χ2v) is 7.85. The quantitative estimate of drug-likeness (QED) is 0.504. The topological polar surface area (TPSA) is 49.4 Å². The van der Waals surface area contributed by atoms with Gasteiger partial charge in [-0.05, 0) is 35.2 Å². The molecule has 3 rings (SSSR count). The van der Waals surface area contributed by atoms with Crippen LogP contribution in [0.5, 0.6) is 0 Å². The number of carbonyl (C=O) groups excluding carboxylic acids is 2. The highest BCUT2D eigenvalue weighted by molar-refractivity contribution is 6.30. The Morgan fingerprint density at radius 2 is 1.48 bits per heavy atom. The second kappa shape index (κ2) is 11.3. The first-order valence-electron chi connectivity index (χ1n) is 10.5. The molecule has 0 bridgehead atoms. The van der Waals surface area contributed by atoms with Crippen LogP contribution in [0.4, 0.5) is 0 Å². The van der Waals surface area contributed by atoms with Gasteiger partial charge >= 0.3 is 0 Å². The minimum absolute atomic E-state index is 0.119. The van der Waals surface area contributed by atoms with Crippen molar-refractivity contribution < 1.29 is 9.59 Å². The second-order valence-electron chi connectivity index (χ2n) is 7.41. The maximum Gasteiger partial charge on any atom is 0.247 e. The van der Waals surface area contributed by atoms with Gasteiger partial charge in [-0.3, -0.25) is 9.59 Å². The maximum atomic E-state index is 13.5. The van der Waals surface area contributed by atoms with Crippen LogP contribution in [0.15, 0.2) is 84.9 Å². The van der Waals surface area contributed by atoms with E-state index in [1.807, 2.05) is 79.7 Å². The van der Waals surface area contributed by atoms with Gasteiger partial charge in [0.05, 0.1) is 6.42 Å². The first-order chi connectivity index (χ1) is 15.1. The summed E-state index contributed by atoms with van der Waals surface area (Å²) >= 11 is 5.99. The average Bonchev–Trinajstić information content (AvgIpc) is 2.80. The molecule has 0 radical (unpaired) electrons. The smallest absolute Gasteiger partial charge is 0.247 e. The van der Waals surface area contributed by atoms with Crippen LogP contribution in [0.2, 0.25) is 5.02 Å². The summed E-state index contributed by atoms with van der Waals surface area (Å²) in [5.41, 5.74) is 2.61. The minimum Gasteiger partial charge on any atom is -0.354 e. The van der Waals surface area contributed by atoms with E-state index in [2.05, 4.69) is 5.32 Å². The molecule has 5 heteroatoms. The summed E-state index contributed by atoms with van der Waals surface area (Å²) in [7, 11) is 0. The zero-order valence-electron chi connectivity index (χ0n) is 17.6. The fourth-order valence-electron chi connectivity index (χ4n) is 3.44. The van der Waals surface area contributed by atoms with Crippen molar-refractivity contribution in [3.8, 4) is 0 Å². The SMILES string of the molecule is CCCNC(=O)[C@H](c1ccccc1)N(Cc1ccccc1)C(=O)Cc1ccc(Cl)cc1. The largest absolute Gasteiger partial charge is 0.354 e. The third-order valence-corrected chi connectivity index (χ3v) is 5.26. The number of benzene rings is 3. The van der Waals surface area contributed by atoms with Gasteiger partial charge in [-0.15, -0.1) is 0 Å². The Hall–Kier alpha value is -3.11. The lowest BCUT2D eigenvalue weighted by Crippen LogP contribution is -2.44. The van der Waals surface area contributed by atoms with Crippen molar-refractivity contribution in [2.45, 2.75) is 32.4 Å². The van der Waals surface area contributed by atoms with Crippen molar-refractivity contribution in [2.24, 2.45) is 0 Å². The summed E-state index contributed by atoms with van der Waals surface area (Å²) in [5, 5.41) is 3.60. The molecule has 0 heterocycles. The van der Waals surface area contributed by atoms with Crippen molar-refractivity contribution >= 4 is 23.4 Å². The van der Waals surface area contributed by atoms with Crippen molar-refractivity contribution in [2.75, 3.05) is 6.54 Å². The van der Waals surface area contributed by atoms with Gasteiger partial charge in [0.25, 0.3) is 0 Å². The minimum atomic E-state index is -0.715. The van der Waals surface area contributed by atoms with E-state index in [1.54, 1.807) is 17.0 Å². The average molecular weight is 435 g/mol. The number of nitrogens with one attached hydrogen (secondary N) is 1. The highest BCUT2D eigenvalue weighted by Crippen LogP contribution is 2.25. The van der Waals surface area contributed by atoms with Gasteiger partial charge in [-0.2, -0.15) is 0 Å². The number of rotatable bonds is 9. The van der Waals surface area contributed by atoms with Crippen LogP contribution < -0.4 is 5.32 Å². The molecule has 0 saturated heterocycles. The Kier molecular flexibility index (Phi) is 8.25. The molecule has 0 saturated carbocycles. The summed E-state index contributed by atoms with van der Waals surface area (Å²) in [6.07, 6.45) is 1.01.